The highest BCUT2D eigenvalue weighted by Crippen LogP contribution is 2.19. The minimum absolute atomic E-state index is 0.0828. The lowest BCUT2D eigenvalue weighted by Crippen LogP contribution is -2.01. The van der Waals surface area contributed by atoms with E-state index < -0.39 is 5.82 Å². The van der Waals surface area contributed by atoms with E-state index in [9.17, 15) is 4.39 Å². The summed E-state index contributed by atoms with van der Waals surface area (Å²) in [6, 6.07) is 6.03. The van der Waals surface area contributed by atoms with Gasteiger partial charge in [0.25, 0.3) is 0 Å². The SMILES string of the molecule is Nc1ccnn1-c1ccc(Cl)c(F)c1. The van der Waals surface area contributed by atoms with E-state index in [4.69, 9.17) is 17.3 Å². The minimum Gasteiger partial charge on any atom is -0.384 e. The summed E-state index contributed by atoms with van der Waals surface area (Å²) in [5.41, 5.74) is 6.16. The van der Waals surface area contributed by atoms with Crippen LogP contribution in [0.4, 0.5) is 10.2 Å². The van der Waals surface area contributed by atoms with Gasteiger partial charge in [0.2, 0.25) is 0 Å². The lowest BCUT2D eigenvalue weighted by molar-refractivity contribution is 0.626. The first kappa shape index (κ1) is 9.02. The van der Waals surface area contributed by atoms with E-state index in [1.165, 1.54) is 16.8 Å². The normalized spacial score (nSPS) is 10.4. The number of benzene rings is 1. The molecule has 0 radical (unpaired) electrons. The van der Waals surface area contributed by atoms with Crippen LogP contribution in [0.1, 0.15) is 0 Å². The minimum atomic E-state index is -0.487. The molecule has 0 saturated carbocycles. The molecule has 2 aromatic rings. The highest BCUT2D eigenvalue weighted by atomic mass is 35.5. The second-order valence-electron chi connectivity index (χ2n) is 2.77. The van der Waals surface area contributed by atoms with Crippen molar-refractivity contribution < 1.29 is 4.39 Å². The molecule has 0 fully saturated rings. The molecule has 3 nitrogen and oxygen atoms in total. The maximum Gasteiger partial charge on any atom is 0.143 e. The number of rotatable bonds is 1. The number of hydrogen-bond acceptors (Lipinski definition) is 2. The zero-order chi connectivity index (χ0) is 10.1. The molecule has 0 atom stereocenters. The van der Waals surface area contributed by atoms with E-state index in [0.29, 0.717) is 11.5 Å². The van der Waals surface area contributed by atoms with Crippen molar-refractivity contribution >= 4 is 17.4 Å². The van der Waals surface area contributed by atoms with Gasteiger partial charge < -0.3 is 5.73 Å². The third kappa shape index (κ3) is 1.44. The molecule has 0 unspecified atom stereocenters. The van der Waals surface area contributed by atoms with Crippen LogP contribution in [0.5, 0.6) is 0 Å². The molecule has 0 aliphatic heterocycles. The Morgan fingerprint density at radius 3 is 2.71 bits per heavy atom. The molecule has 72 valence electrons. The largest absolute Gasteiger partial charge is 0.384 e. The van der Waals surface area contributed by atoms with Gasteiger partial charge in [-0.3, -0.25) is 0 Å². The third-order valence-electron chi connectivity index (χ3n) is 1.82. The van der Waals surface area contributed by atoms with Crippen LogP contribution in [0, 0.1) is 5.82 Å². The van der Waals surface area contributed by atoms with Gasteiger partial charge in [-0.25, -0.2) is 9.07 Å². The lowest BCUT2D eigenvalue weighted by Gasteiger charge is -2.04. The van der Waals surface area contributed by atoms with Gasteiger partial charge in [-0.05, 0) is 12.1 Å². The fourth-order valence-electron chi connectivity index (χ4n) is 1.15. The molecule has 5 heteroatoms. The summed E-state index contributed by atoms with van der Waals surface area (Å²) in [6.45, 7) is 0. The lowest BCUT2D eigenvalue weighted by atomic mass is 10.3. The fraction of sp³-hybridized carbons (Fsp3) is 0. The highest BCUT2D eigenvalue weighted by molar-refractivity contribution is 6.30. The Hall–Kier alpha value is -1.55. The molecule has 1 aromatic heterocycles. The average Bonchev–Trinajstić information content (AvgIpc) is 2.57. The molecule has 2 N–H and O–H groups in total. The van der Waals surface area contributed by atoms with E-state index in [2.05, 4.69) is 5.10 Å². The molecule has 0 aliphatic carbocycles. The van der Waals surface area contributed by atoms with Gasteiger partial charge >= 0.3 is 0 Å². The van der Waals surface area contributed by atoms with Gasteiger partial charge in [0.15, 0.2) is 0 Å². The predicted molar refractivity (Wildman–Crippen MR) is 52.9 cm³/mol. The van der Waals surface area contributed by atoms with Crippen molar-refractivity contribution in [3.8, 4) is 5.69 Å². The molecule has 14 heavy (non-hydrogen) atoms. The average molecular weight is 212 g/mol. The standard InChI is InChI=1S/C9H7ClFN3/c10-7-2-1-6(5-8(7)11)14-9(12)3-4-13-14/h1-5H,12H2. The predicted octanol–water partition coefficient (Wildman–Crippen LogP) is 2.25. The molecule has 0 amide bonds. The molecule has 0 spiro atoms. The molecular weight excluding hydrogens is 205 g/mol. The second kappa shape index (κ2) is 3.31. The van der Waals surface area contributed by atoms with Crippen LogP contribution in [0.2, 0.25) is 5.02 Å². The number of nitrogen functional groups attached to an aromatic ring is 1. The maximum absolute atomic E-state index is 13.1. The molecule has 0 saturated heterocycles. The Morgan fingerprint density at radius 1 is 1.36 bits per heavy atom. The van der Waals surface area contributed by atoms with Crippen LogP contribution >= 0.6 is 11.6 Å². The Labute approximate surface area is 84.9 Å². The van der Waals surface area contributed by atoms with E-state index in [1.54, 1.807) is 18.3 Å². The first-order chi connectivity index (χ1) is 6.68. The highest BCUT2D eigenvalue weighted by Gasteiger charge is 2.04. The van der Waals surface area contributed by atoms with Gasteiger partial charge in [0.1, 0.15) is 11.6 Å². The zero-order valence-corrected chi connectivity index (χ0v) is 7.87. The van der Waals surface area contributed by atoms with Crippen LogP contribution in [-0.4, -0.2) is 9.78 Å². The van der Waals surface area contributed by atoms with Crippen molar-refractivity contribution in [1.82, 2.24) is 9.78 Å². The van der Waals surface area contributed by atoms with Crippen molar-refractivity contribution in [2.75, 3.05) is 5.73 Å². The number of hydrogen-bond donors (Lipinski definition) is 1. The molecule has 1 aromatic carbocycles. The van der Waals surface area contributed by atoms with Crippen molar-refractivity contribution in [2.45, 2.75) is 0 Å². The van der Waals surface area contributed by atoms with Crippen molar-refractivity contribution in [3.05, 3.63) is 41.3 Å². The van der Waals surface area contributed by atoms with Crippen LogP contribution < -0.4 is 5.73 Å². The smallest absolute Gasteiger partial charge is 0.143 e. The summed E-state index contributed by atoms with van der Waals surface area (Å²) >= 11 is 5.55. The van der Waals surface area contributed by atoms with Crippen LogP contribution in [-0.2, 0) is 0 Å². The summed E-state index contributed by atoms with van der Waals surface area (Å²) in [5, 5.41) is 4.02. The van der Waals surface area contributed by atoms with E-state index in [1.807, 2.05) is 0 Å². The van der Waals surface area contributed by atoms with Crippen LogP contribution in [0.15, 0.2) is 30.5 Å². The summed E-state index contributed by atoms with van der Waals surface area (Å²) in [5.74, 6) is -0.0363. The fourth-order valence-corrected chi connectivity index (χ4v) is 1.26. The molecule has 0 bridgehead atoms. The van der Waals surface area contributed by atoms with Gasteiger partial charge in [-0.2, -0.15) is 5.10 Å². The van der Waals surface area contributed by atoms with Gasteiger partial charge in [-0.1, -0.05) is 11.6 Å². The first-order valence-corrected chi connectivity index (χ1v) is 4.31. The number of nitrogens with zero attached hydrogens (tertiary/aromatic N) is 2. The molecule has 0 aliphatic rings. The van der Waals surface area contributed by atoms with Crippen molar-refractivity contribution in [1.29, 1.82) is 0 Å². The molecule has 2 rings (SSSR count). The van der Waals surface area contributed by atoms with Gasteiger partial charge in [0.05, 0.1) is 16.9 Å². The van der Waals surface area contributed by atoms with E-state index in [-0.39, 0.29) is 5.02 Å². The summed E-state index contributed by atoms with van der Waals surface area (Å²) in [7, 11) is 0. The number of nitrogens with two attached hydrogens (primary N) is 1. The second-order valence-corrected chi connectivity index (χ2v) is 3.17. The maximum atomic E-state index is 13.1. The van der Waals surface area contributed by atoms with Gasteiger partial charge in [-0.15, -0.1) is 0 Å². The van der Waals surface area contributed by atoms with E-state index >= 15 is 0 Å². The first-order valence-electron chi connectivity index (χ1n) is 3.93. The number of aromatic nitrogens is 2. The quantitative estimate of drug-likeness (QED) is 0.786. The van der Waals surface area contributed by atoms with Crippen LogP contribution in [0.25, 0.3) is 5.69 Å². The topological polar surface area (TPSA) is 43.8 Å². The van der Waals surface area contributed by atoms with E-state index in [0.717, 1.165) is 0 Å². The summed E-state index contributed by atoms with van der Waals surface area (Å²) in [6.07, 6.45) is 1.54. The monoisotopic (exact) mass is 211 g/mol. The Morgan fingerprint density at radius 2 is 2.14 bits per heavy atom. The summed E-state index contributed by atoms with van der Waals surface area (Å²) < 4.78 is 14.5. The van der Waals surface area contributed by atoms with Gasteiger partial charge in [0, 0.05) is 12.1 Å². The third-order valence-corrected chi connectivity index (χ3v) is 2.13. The Kier molecular flexibility index (Phi) is 2.13. The molecular formula is C9H7ClFN3. The van der Waals surface area contributed by atoms with Crippen LogP contribution in [0.3, 0.4) is 0 Å². The van der Waals surface area contributed by atoms with Crippen molar-refractivity contribution in [3.63, 3.8) is 0 Å². The number of halogens is 2. The zero-order valence-electron chi connectivity index (χ0n) is 7.11. The molecule has 1 heterocycles. The Balaban J connectivity index is 2.53. The Bertz CT molecular complexity index is 467. The van der Waals surface area contributed by atoms with Crippen molar-refractivity contribution in [2.24, 2.45) is 0 Å². The summed E-state index contributed by atoms with van der Waals surface area (Å²) in [4.78, 5) is 0. The number of anilines is 1.